The average Bonchev–Trinajstić information content (AvgIpc) is 2.54. The van der Waals surface area contributed by atoms with Gasteiger partial charge in [0, 0.05) is 19.2 Å². The second-order valence-electron chi connectivity index (χ2n) is 7.92. The van der Waals surface area contributed by atoms with Crippen LogP contribution in [0.5, 0.6) is 0 Å². The molecule has 0 fully saturated rings. The minimum absolute atomic E-state index is 0.129. The van der Waals surface area contributed by atoms with Crippen molar-refractivity contribution in [2.75, 3.05) is 6.54 Å². The molecule has 3 atom stereocenters. The van der Waals surface area contributed by atoms with Crippen LogP contribution in [-0.2, 0) is 9.59 Å². The van der Waals surface area contributed by atoms with E-state index in [0.29, 0.717) is 18.4 Å². The third kappa shape index (κ3) is 5.04. The molecule has 0 aliphatic carbocycles. The van der Waals surface area contributed by atoms with Gasteiger partial charge in [-0.3, -0.25) is 9.59 Å². The van der Waals surface area contributed by atoms with Crippen LogP contribution in [0.15, 0.2) is 23.4 Å². The number of nitrogens with zero attached hydrogens (tertiary/aromatic N) is 1. The van der Waals surface area contributed by atoms with Crippen LogP contribution in [0.2, 0.25) is 0 Å². The Hall–Kier alpha value is -1.42. The van der Waals surface area contributed by atoms with Crippen molar-refractivity contribution in [1.29, 1.82) is 0 Å². The molecule has 0 bridgehead atoms. The van der Waals surface area contributed by atoms with Gasteiger partial charge in [0.2, 0.25) is 5.78 Å². The van der Waals surface area contributed by atoms with Crippen LogP contribution in [0, 0.1) is 11.8 Å². The van der Waals surface area contributed by atoms with Crippen LogP contribution < -0.4 is 0 Å². The molecule has 0 aromatic carbocycles. The molecule has 0 saturated carbocycles. The molecule has 0 aromatic heterocycles. The molecule has 142 valence electrons. The predicted molar refractivity (Wildman–Crippen MR) is 102 cm³/mol. The fourth-order valence-electron chi connectivity index (χ4n) is 3.37. The zero-order chi connectivity index (χ0) is 19.4. The molecule has 4 nitrogen and oxygen atoms in total. The Balaban J connectivity index is 3.37. The summed E-state index contributed by atoms with van der Waals surface area (Å²) in [4.78, 5) is 27.0. The molecule has 0 aromatic rings. The molecule has 1 aliphatic rings. The van der Waals surface area contributed by atoms with Gasteiger partial charge < -0.3 is 10.0 Å². The summed E-state index contributed by atoms with van der Waals surface area (Å²) in [5.74, 6) is 0.213. The molecule has 1 N–H and O–H groups in total. The predicted octanol–water partition coefficient (Wildman–Crippen LogP) is 3.89. The van der Waals surface area contributed by atoms with Crippen molar-refractivity contribution in [1.82, 2.24) is 4.90 Å². The average molecular weight is 350 g/mol. The molecule has 0 radical (unpaired) electrons. The molecular formula is C21H35NO3. The van der Waals surface area contributed by atoms with Gasteiger partial charge in [0.1, 0.15) is 5.60 Å². The summed E-state index contributed by atoms with van der Waals surface area (Å²) < 4.78 is 0. The molecule has 1 aliphatic heterocycles. The standard InChI is InChI=1S/C21H35NO3/c1-8-15(5)12-16(6)19-21(7,25)20(24)17(18(23)9-2)13-22(19)11-10-14(3)4/h12-15,19,25H,8-11H2,1-7H3. The first-order chi connectivity index (χ1) is 11.6. The van der Waals surface area contributed by atoms with Gasteiger partial charge in [-0.2, -0.15) is 0 Å². The monoisotopic (exact) mass is 349 g/mol. The molecule has 0 amide bonds. The van der Waals surface area contributed by atoms with Gasteiger partial charge >= 0.3 is 0 Å². The van der Waals surface area contributed by atoms with Crippen molar-refractivity contribution >= 4 is 11.6 Å². The molecule has 1 heterocycles. The Morgan fingerprint density at radius 1 is 1.36 bits per heavy atom. The fraction of sp³-hybridized carbons (Fsp3) is 0.714. The van der Waals surface area contributed by atoms with Crippen LogP contribution in [-0.4, -0.2) is 39.8 Å². The Labute approximate surface area is 153 Å². The van der Waals surface area contributed by atoms with Crippen LogP contribution in [0.25, 0.3) is 0 Å². The first-order valence-corrected chi connectivity index (χ1v) is 9.52. The van der Waals surface area contributed by atoms with Crippen molar-refractivity contribution in [3.8, 4) is 0 Å². The third-order valence-electron chi connectivity index (χ3n) is 5.07. The molecule has 1 rings (SSSR count). The maximum atomic E-state index is 12.8. The maximum absolute atomic E-state index is 12.8. The highest BCUT2D eigenvalue weighted by molar-refractivity contribution is 6.23. The van der Waals surface area contributed by atoms with E-state index in [1.165, 1.54) is 0 Å². The highest BCUT2D eigenvalue weighted by Gasteiger charge is 2.48. The van der Waals surface area contributed by atoms with E-state index in [1.807, 2.05) is 11.8 Å². The van der Waals surface area contributed by atoms with Gasteiger partial charge in [-0.1, -0.05) is 52.7 Å². The van der Waals surface area contributed by atoms with Crippen molar-refractivity contribution < 1.29 is 14.7 Å². The zero-order valence-corrected chi connectivity index (χ0v) is 16.9. The van der Waals surface area contributed by atoms with E-state index in [1.54, 1.807) is 20.0 Å². The first kappa shape index (κ1) is 21.6. The summed E-state index contributed by atoms with van der Waals surface area (Å²) in [6.45, 7) is 14.5. The zero-order valence-electron chi connectivity index (χ0n) is 16.9. The number of carbonyl (C=O) groups excluding carboxylic acids is 2. The molecular weight excluding hydrogens is 314 g/mol. The van der Waals surface area contributed by atoms with Crippen molar-refractivity contribution in [2.24, 2.45) is 11.8 Å². The number of Topliss-reactive ketones (excluding diaryl/α,β-unsaturated/α-hetero) is 2. The lowest BCUT2D eigenvalue weighted by Gasteiger charge is -2.44. The van der Waals surface area contributed by atoms with E-state index in [0.717, 1.165) is 18.4 Å². The Bertz CT molecular complexity index is 557. The lowest BCUT2D eigenvalue weighted by Crippen LogP contribution is -2.59. The lowest BCUT2D eigenvalue weighted by molar-refractivity contribution is -0.140. The highest BCUT2D eigenvalue weighted by atomic mass is 16.3. The first-order valence-electron chi connectivity index (χ1n) is 9.52. The second-order valence-corrected chi connectivity index (χ2v) is 7.92. The van der Waals surface area contributed by atoms with Gasteiger partial charge in [-0.25, -0.2) is 0 Å². The van der Waals surface area contributed by atoms with Crippen molar-refractivity contribution in [2.45, 2.75) is 79.4 Å². The number of rotatable bonds is 8. The number of hydrogen-bond donors (Lipinski definition) is 1. The number of hydrogen-bond acceptors (Lipinski definition) is 4. The summed E-state index contributed by atoms with van der Waals surface area (Å²) in [6, 6.07) is -0.429. The SMILES string of the molecule is CCC(=O)C1=CN(CCC(C)C)C(C(C)=CC(C)CC)C(C)(O)C1=O. The van der Waals surface area contributed by atoms with E-state index >= 15 is 0 Å². The van der Waals surface area contributed by atoms with Crippen molar-refractivity contribution in [3.05, 3.63) is 23.4 Å². The van der Waals surface area contributed by atoms with Gasteiger partial charge in [0.25, 0.3) is 0 Å². The Morgan fingerprint density at radius 3 is 2.44 bits per heavy atom. The second kappa shape index (κ2) is 8.79. The van der Waals surface area contributed by atoms with Gasteiger partial charge in [0.15, 0.2) is 5.78 Å². The lowest BCUT2D eigenvalue weighted by atomic mass is 9.78. The largest absolute Gasteiger partial charge is 0.379 e. The molecule has 0 saturated heterocycles. The summed E-state index contributed by atoms with van der Waals surface area (Å²) in [5, 5.41) is 11.1. The molecule has 3 unspecified atom stereocenters. The number of carbonyl (C=O) groups is 2. The van der Waals surface area contributed by atoms with Gasteiger partial charge in [0.05, 0.1) is 11.6 Å². The van der Waals surface area contributed by atoms with E-state index in [2.05, 4.69) is 33.8 Å². The van der Waals surface area contributed by atoms with E-state index < -0.39 is 17.4 Å². The minimum atomic E-state index is -1.60. The van der Waals surface area contributed by atoms with Gasteiger partial charge in [-0.15, -0.1) is 0 Å². The molecule has 4 heteroatoms. The summed E-state index contributed by atoms with van der Waals surface area (Å²) in [5.41, 5.74) is -0.487. The third-order valence-corrected chi connectivity index (χ3v) is 5.07. The summed E-state index contributed by atoms with van der Waals surface area (Å²) in [7, 11) is 0. The van der Waals surface area contributed by atoms with E-state index in [9.17, 15) is 14.7 Å². The Morgan fingerprint density at radius 2 is 1.96 bits per heavy atom. The van der Waals surface area contributed by atoms with E-state index in [4.69, 9.17) is 0 Å². The number of allylic oxidation sites excluding steroid dienone is 1. The molecule has 0 spiro atoms. The Kier molecular flexibility index (Phi) is 7.61. The maximum Gasteiger partial charge on any atom is 0.201 e. The molecule has 25 heavy (non-hydrogen) atoms. The number of ketones is 2. The van der Waals surface area contributed by atoms with Gasteiger partial charge in [-0.05, 0) is 32.1 Å². The van der Waals surface area contributed by atoms with Crippen molar-refractivity contribution in [3.63, 3.8) is 0 Å². The minimum Gasteiger partial charge on any atom is -0.379 e. The summed E-state index contributed by atoms with van der Waals surface area (Å²) in [6.07, 6.45) is 6.02. The van der Waals surface area contributed by atoms with E-state index in [-0.39, 0.29) is 17.8 Å². The quantitative estimate of drug-likeness (QED) is 0.533. The van der Waals surface area contributed by atoms with Crippen LogP contribution in [0.4, 0.5) is 0 Å². The van der Waals surface area contributed by atoms with Crippen LogP contribution >= 0.6 is 0 Å². The normalized spacial score (nSPS) is 26.0. The highest BCUT2D eigenvalue weighted by Crippen LogP contribution is 2.33. The smallest absolute Gasteiger partial charge is 0.201 e. The topological polar surface area (TPSA) is 57.6 Å². The number of aliphatic hydroxyl groups is 1. The summed E-state index contributed by atoms with van der Waals surface area (Å²) >= 11 is 0. The van der Waals surface area contributed by atoms with Crippen LogP contribution in [0.1, 0.15) is 67.7 Å². The fourth-order valence-corrected chi connectivity index (χ4v) is 3.37. The van der Waals surface area contributed by atoms with Crippen LogP contribution in [0.3, 0.4) is 0 Å².